The summed E-state index contributed by atoms with van der Waals surface area (Å²) in [6.07, 6.45) is 4.95. The third kappa shape index (κ3) is 4.97. The van der Waals surface area contributed by atoms with Gasteiger partial charge in [-0.15, -0.1) is 0 Å². The molecule has 1 N–H and O–H groups in total. The monoisotopic (exact) mass is 355 g/mol. The van der Waals surface area contributed by atoms with E-state index in [9.17, 15) is 0 Å². The maximum absolute atomic E-state index is 5.80. The number of hydrogen-bond donors (Lipinski definition) is 1. The molecular weight excluding hydrogens is 330 g/mol. The molecule has 0 radical (unpaired) electrons. The molecule has 4 heteroatoms. The molecule has 1 heterocycles. The topological polar surface area (TPSA) is 30.5 Å². The quantitative estimate of drug-likeness (QED) is 0.746. The van der Waals surface area contributed by atoms with Crippen LogP contribution in [-0.2, 0) is 4.74 Å². The van der Waals surface area contributed by atoms with Crippen molar-refractivity contribution < 1.29 is 9.47 Å². The second kappa shape index (κ2) is 8.76. The standard InChI is InChI=1S/C17H26BrNO2/c1-3-9-19-16(12-14-6-5-10-21-14)13-7-8-17(20-4-2)15(18)11-13/h7-8,11,14,16,19H,3-6,9-10,12H2,1-2H3. The predicted molar refractivity (Wildman–Crippen MR) is 89.9 cm³/mol. The molecule has 21 heavy (non-hydrogen) atoms. The van der Waals surface area contributed by atoms with Gasteiger partial charge in [0.25, 0.3) is 0 Å². The number of rotatable bonds is 8. The highest BCUT2D eigenvalue weighted by molar-refractivity contribution is 9.10. The van der Waals surface area contributed by atoms with Crippen molar-refractivity contribution in [1.82, 2.24) is 5.32 Å². The van der Waals surface area contributed by atoms with Crippen molar-refractivity contribution >= 4 is 15.9 Å². The van der Waals surface area contributed by atoms with E-state index in [0.717, 1.165) is 36.2 Å². The summed E-state index contributed by atoms with van der Waals surface area (Å²) in [7, 11) is 0. The van der Waals surface area contributed by atoms with Crippen LogP contribution in [0.3, 0.4) is 0 Å². The van der Waals surface area contributed by atoms with Gasteiger partial charge in [-0.3, -0.25) is 0 Å². The normalized spacial score (nSPS) is 19.7. The van der Waals surface area contributed by atoms with Gasteiger partial charge in [0.1, 0.15) is 5.75 Å². The second-order valence-corrected chi connectivity index (χ2v) is 6.35. The first kappa shape index (κ1) is 16.8. The average Bonchev–Trinajstić information content (AvgIpc) is 2.99. The highest BCUT2D eigenvalue weighted by atomic mass is 79.9. The molecule has 1 aromatic rings. The molecule has 0 aromatic heterocycles. The fraction of sp³-hybridized carbons (Fsp3) is 0.647. The molecule has 0 amide bonds. The maximum atomic E-state index is 5.80. The van der Waals surface area contributed by atoms with Gasteiger partial charge in [0.15, 0.2) is 0 Å². The molecule has 3 nitrogen and oxygen atoms in total. The van der Waals surface area contributed by atoms with Crippen LogP contribution >= 0.6 is 15.9 Å². The Morgan fingerprint density at radius 1 is 1.43 bits per heavy atom. The summed E-state index contributed by atoms with van der Waals surface area (Å²) >= 11 is 3.61. The molecule has 1 aromatic carbocycles. The smallest absolute Gasteiger partial charge is 0.133 e. The lowest BCUT2D eigenvalue weighted by atomic mass is 9.99. The van der Waals surface area contributed by atoms with E-state index in [1.54, 1.807) is 0 Å². The third-order valence-corrected chi connectivity index (χ3v) is 4.44. The summed E-state index contributed by atoms with van der Waals surface area (Å²) in [4.78, 5) is 0. The van der Waals surface area contributed by atoms with Crippen molar-refractivity contribution in [3.05, 3.63) is 28.2 Å². The molecule has 1 saturated heterocycles. The summed E-state index contributed by atoms with van der Waals surface area (Å²) in [5, 5.41) is 3.65. The number of halogens is 1. The Morgan fingerprint density at radius 3 is 2.90 bits per heavy atom. The number of ether oxygens (including phenoxy) is 2. The van der Waals surface area contributed by atoms with Gasteiger partial charge in [0.2, 0.25) is 0 Å². The van der Waals surface area contributed by atoms with Crippen LogP contribution in [0.1, 0.15) is 51.1 Å². The van der Waals surface area contributed by atoms with E-state index in [1.807, 2.05) is 6.92 Å². The van der Waals surface area contributed by atoms with Crippen LogP contribution in [0.5, 0.6) is 5.75 Å². The molecule has 1 fully saturated rings. The number of nitrogens with one attached hydrogen (secondary N) is 1. The molecule has 0 saturated carbocycles. The highest BCUT2D eigenvalue weighted by Gasteiger charge is 2.22. The zero-order chi connectivity index (χ0) is 15.1. The molecule has 2 unspecified atom stereocenters. The Hall–Kier alpha value is -0.580. The van der Waals surface area contributed by atoms with Gasteiger partial charge in [-0.25, -0.2) is 0 Å². The SMILES string of the molecule is CCCNC(CC1CCCO1)c1ccc(OCC)c(Br)c1. The van der Waals surface area contributed by atoms with Crippen LogP contribution in [0.2, 0.25) is 0 Å². The lowest BCUT2D eigenvalue weighted by Crippen LogP contribution is -2.26. The van der Waals surface area contributed by atoms with E-state index in [4.69, 9.17) is 9.47 Å². The second-order valence-electron chi connectivity index (χ2n) is 5.50. The van der Waals surface area contributed by atoms with Crippen LogP contribution in [0.25, 0.3) is 0 Å². The van der Waals surface area contributed by atoms with E-state index in [2.05, 4.69) is 46.4 Å². The van der Waals surface area contributed by atoms with Crippen LogP contribution in [-0.4, -0.2) is 25.9 Å². The van der Waals surface area contributed by atoms with Gasteiger partial charge in [0, 0.05) is 12.6 Å². The Bertz CT molecular complexity index is 433. The Labute approximate surface area is 136 Å². The Balaban J connectivity index is 2.08. The van der Waals surface area contributed by atoms with Crippen molar-refractivity contribution in [2.24, 2.45) is 0 Å². The maximum Gasteiger partial charge on any atom is 0.133 e. The van der Waals surface area contributed by atoms with Crippen LogP contribution in [0.15, 0.2) is 22.7 Å². The minimum absolute atomic E-state index is 0.347. The molecule has 0 bridgehead atoms. The van der Waals surface area contributed by atoms with Crippen LogP contribution < -0.4 is 10.1 Å². The Kier molecular flexibility index (Phi) is 7.00. The summed E-state index contributed by atoms with van der Waals surface area (Å²) in [6.45, 7) is 6.83. The summed E-state index contributed by atoms with van der Waals surface area (Å²) < 4.78 is 12.4. The van der Waals surface area contributed by atoms with Gasteiger partial charge in [0.05, 0.1) is 17.2 Å². The molecule has 1 aliphatic rings. The Morgan fingerprint density at radius 2 is 2.29 bits per heavy atom. The van der Waals surface area contributed by atoms with E-state index in [-0.39, 0.29) is 0 Å². The first-order chi connectivity index (χ1) is 10.2. The van der Waals surface area contributed by atoms with Crippen molar-refractivity contribution in [2.75, 3.05) is 19.8 Å². The van der Waals surface area contributed by atoms with Gasteiger partial charge >= 0.3 is 0 Å². The van der Waals surface area contributed by atoms with E-state index in [1.165, 1.54) is 18.4 Å². The zero-order valence-corrected chi connectivity index (χ0v) is 14.6. The van der Waals surface area contributed by atoms with Crippen molar-refractivity contribution in [1.29, 1.82) is 0 Å². The lowest BCUT2D eigenvalue weighted by Gasteiger charge is -2.23. The molecule has 1 aliphatic heterocycles. The zero-order valence-electron chi connectivity index (χ0n) is 13.0. The van der Waals surface area contributed by atoms with E-state index < -0.39 is 0 Å². The number of benzene rings is 1. The first-order valence-corrected chi connectivity index (χ1v) is 8.81. The van der Waals surface area contributed by atoms with Crippen LogP contribution in [0.4, 0.5) is 0 Å². The summed E-state index contributed by atoms with van der Waals surface area (Å²) in [6, 6.07) is 6.74. The van der Waals surface area contributed by atoms with Gasteiger partial charge in [-0.05, 0) is 72.8 Å². The number of hydrogen-bond acceptors (Lipinski definition) is 3. The molecular formula is C17H26BrNO2. The molecule has 118 valence electrons. The predicted octanol–water partition coefficient (Wildman–Crippen LogP) is 4.46. The minimum Gasteiger partial charge on any atom is -0.493 e. The van der Waals surface area contributed by atoms with Gasteiger partial charge in [-0.2, -0.15) is 0 Å². The average molecular weight is 356 g/mol. The molecule has 2 atom stereocenters. The highest BCUT2D eigenvalue weighted by Crippen LogP contribution is 2.31. The fourth-order valence-corrected chi connectivity index (χ4v) is 3.27. The van der Waals surface area contributed by atoms with E-state index >= 15 is 0 Å². The summed E-state index contributed by atoms with van der Waals surface area (Å²) in [5.74, 6) is 0.910. The van der Waals surface area contributed by atoms with Gasteiger partial charge < -0.3 is 14.8 Å². The first-order valence-electron chi connectivity index (χ1n) is 8.01. The van der Waals surface area contributed by atoms with Crippen LogP contribution in [0, 0.1) is 0 Å². The molecule has 0 aliphatic carbocycles. The third-order valence-electron chi connectivity index (χ3n) is 3.82. The molecule has 2 rings (SSSR count). The van der Waals surface area contributed by atoms with E-state index in [0.29, 0.717) is 18.8 Å². The van der Waals surface area contributed by atoms with Crippen molar-refractivity contribution in [3.63, 3.8) is 0 Å². The molecule has 0 spiro atoms. The lowest BCUT2D eigenvalue weighted by molar-refractivity contribution is 0.0945. The van der Waals surface area contributed by atoms with Gasteiger partial charge in [-0.1, -0.05) is 13.0 Å². The minimum atomic E-state index is 0.347. The fourth-order valence-electron chi connectivity index (χ4n) is 2.76. The largest absolute Gasteiger partial charge is 0.493 e. The summed E-state index contributed by atoms with van der Waals surface area (Å²) in [5.41, 5.74) is 1.30. The van der Waals surface area contributed by atoms with Crippen molar-refractivity contribution in [2.45, 2.75) is 51.7 Å². The van der Waals surface area contributed by atoms with Crippen molar-refractivity contribution in [3.8, 4) is 5.75 Å².